The van der Waals surface area contributed by atoms with E-state index in [4.69, 9.17) is 16.0 Å². The van der Waals surface area contributed by atoms with Crippen LogP contribution in [0.3, 0.4) is 0 Å². The van der Waals surface area contributed by atoms with Crippen molar-refractivity contribution in [3.05, 3.63) is 33.6 Å². The molecule has 2 aromatic rings. The maximum absolute atomic E-state index is 6.08. The van der Waals surface area contributed by atoms with Crippen LogP contribution >= 0.6 is 27.5 Å². The van der Waals surface area contributed by atoms with Crippen LogP contribution in [-0.4, -0.2) is 17.2 Å². The SMILES string of the molecule is CNC(C)c1nnc(Nc2ccc(Br)cc2Cl)o1. The first-order chi connectivity index (χ1) is 8.60. The van der Waals surface area contributed by atoms with Crippen LogP contribution in [0.25, 0.3) is 0 Å². The van der Waals surface area contributed by atoms with Gasteiger partial charge in [0.1, 0.15) is 0 Å². The Morgan fingerprint density at radius 3 is 2.83 bits per heavy atom. The van der Waals surface area contributed by atoms with Crippen LogP contribution in [0.1, 0.15) is 18.9 Å². The first kappa shape index (κ1) is 13.3. The predicted molar refractivity (Wildman–Crippen MR) is 74.2 cm³/mol. The van der Waals surface area contributed by atoms with Gasteiger partial charge in [0.2, 0.25) is 5.89 Å². The van der Waals surface area contributed by atoms with Gasteiger partial charge in [-0.2, -0.15) is 0 Å². The van der Waals surface area contributed by atoms with Crippen molar-refractivity contribution < 1.29 is 4.42 Å². The van der Waals surface area contributed by atoms with E-state index in [0.717, 1.165) is 4.47 Å². The van der Waals surface area contributed by atoms with Crippen molar-refractivity contribution in [1.82, 2.24) is 15.5 Å². The van der Waals surface area contributed by atoms with Crippen LogP contribution in [0, 0.1) is 0 Å². The van der Waals surface area contributed by atoms with Gasteiger partial charge in [-0.15, -0.1) is 5.10 Å². The predicted octanol–water partition coefficient (Wildman–Crippen LogP) is 3.51. The highest BCUT2D eigenvalue weighted by Crippen LogP contribution is 2.28. The molecule has 1 unspecified atom stereocenters. The van der Waals surface area contributed by atoms with Crippen molar-refractivity contribution in [3.8, 4) is 0 Å². The molecule has 2 rings (SSSR count). The molecular formula is C11H12BrClN4O. The third-order valence-corrected chi connectivity index (χ3v) is 3.22. The highest BCUT2D eigenvalue weighted by Gasteiger charge is 2.12. The van der Waals surface area contributed by atoms with Gasteiger partial charge in [0.15, 0.2) is 0 Å². The van der Waals surface area contributed by atoms with Crippen molar-refractivity contribution in [3.63, 3.8) is 0 Å². The minimum absolute atomic E-state index is 0.00781. The molecule has 0 saturated heterocycles. The number of hydrogen-bond donors (Lipinski definition) is 2. The summed E-state index contributed by atoms with van der Waals surface area (Å²) in [4.78, 5) is 0. The Kier molecular flexibility index (Phi) is 4.21. The fourth-order valence-electron chi connectivity index (χ4n) is 1.29. The van der Waals surface area contributed by atoms with Gasteiger partial charge in [-0.3, -0.25) is 0 Å². The number of benzene rings is 1. The molecule has 18 heavy (non-hydrogen) atoms. The number of nitrogens with one attached hydrogen (secondary N) is 2. The molecule has 0 radical (unpaired) electrons. The zero-order valence-electron chi connectivity index (χ0n) is 9.87. The van der Waals surface area contributed by atoms with Crippen LogP contribution in [-0.2, 0) is 0 Å². The average molecular weight is 332 g/mol. The van der Waals surface area contributed by atoms with Gasteiger partial charge in [0.05, 0.1) is 16.8 Å². The van der Waals surface area contributed by atoms with E-state index >= 15 is 0 Å². The third kappa shape index (κ3) is 3.01. The lowest BCUT2D eigenvalue weighted by molar-refractivity contribution is 0.443. The maximum atomic E-state index is 6.08. The molecule has 1 heterocycles. The smallest absolute Gasteiger partial charge is 0.320 e. The second-order valence-corrected chi connectivity index (χ2v) is 5.03. The van der Waals surface area contributed by atoms with Crippen molar-refractivity contribution in [2.75, 3.05) is 12.4 Å². The second-order valence-electron chi connectivity index (χ2n) is 3.70. The quantitative estimate of drug-likeness (QED) is 0.897. The molecule has 0 aliphatic carbocycles. The molecule has 0 saturated carbocycles. The summed E-state index contributed by atoms with van der Waals surface area (Å²) in [5.74, 6) is 0.522. The average Bonchev–Trinajstić information content (AvgIpc) is 2.80. The van der Waals surface area contributed by atoms with E-state index in [1.54, 1.807) is 6.07 Å². The van der Waals surface area contributed by atoms with Crippen molar-refractivity contribution >= 4 is 39.2 Å². The summed E-state index contributed by atoms with van der Waals surface area (Å²) in [7, 11) is 1.83. The minimum atomic E-state index is 0.00781. The number of aromatic nitrogens is 2. The number of nitrogens with zero attached hydrogens (tertiary/aromatic N) is 2. The molecular weight excluding hydrogens is 320 g/mol. The standard InChI is InChI=1S/C11H12BrClN4O/c1-6(14-2)10-16-17-11(18-10)15-9-4-3-7(12)5-8(9)13/h3-6,14H,1-2H3,(H,15,17). The molecule has 0 amide bonds. The first-order valence-corrected chi connectivity index (χ1v) is 6.50. The van der Waals surface area contributed by atoms with Crippen LogP contribution in [0.5, 0.6) is 0 Å². The first-order valence-electron chi connectivity index (χ1n) is 5.33. The lowest BCUT2D eigenvalue weighted by atomic mass is 10.3. The summed E-state index contributed by atoms with van der Waals surface area (Å²) in [6.07, 6.45) is 0. The van der Waals surface area contributed by atoms with E-state index in [1.807, 2.05) is 26.1 Å². The molecule has 0 fully saturated rings. The summed E-state index contributed by atoms with van der Waals surface area (Å²) < 4.78 is 6.37. The van der Waals surface area contributed by atoms with E-state index in [0.29, 0.717) is 22.6 Å². The summed E-state index contributed by atoms with van der Waals surface area (Å²) >= 11 is 9.42. The van der Waals surface area contributed by atoms with Crippen LogP contribution in [0.2, 0.25) is 5.02 Å². The molecule has 2 N–H and O–H groups in total. The second kappa shape index (κ2) is 5.69. The lowest BCUT2D eigenvalue weighted by Crippen LogP contribution is -2.12. The highest BCUT2D eigenvalue weighted by atomic mass is 79.9. The molecule has 1 atom stereocenters. The van der Waals surface area contributed by atoms with E-state index < -0.39 is 0 Å². The zero-order valence-corrected chi connectivity index (χ0v) is 12.2. The Balaban J connectivity index is 2.16. The highest BCUT2D eigenvalue weighted by molar-refractivity contribution is 9.10. The van der Waals surface area contributed by atoms with Crippen molar-refractivity contribution in [2.45, 2.75) is 13.0 Å². The normalized spacial score (nSPS) is 12.4. The molecule has 96 valence electrons. The maximum Gasteiger partial charge on any atom is 0.320 e. The molecule has 1 aromatic carbocycles. The fraction of sp³-hybridized carbons (Fsp3) is 0.273. The molecule has 7 heteroatoms. The van der Waals surface area contributed by atoms with Gasteiger partial charge in [-0.05, 0) is 32.2 Å². The summed E-state index contributed by atoms with van der Waals surface area (Å²) in [5.41, 5.74) is 0.715. The molecule has 0 bridgehead atoms. The fourth-order valence-corrected chi connectivity index (χ4v) is 2.01. The largest absolute Gasteiger partial charge is 0.406 e. The number of hydrogen-bond acceptors (Lipinski definition) is 5. The molecule has 0 aliphatic heterocycles. The van der Waals surface area contributed by atoms with Crippen LogP contribution in [0.4, 0.5) is 11.7 Å². The Morgan fingerprint density at radius 2 is 2.17 bits per heavy atom. The monoisotopic (exact) mass is 330 g/mol. The minimum Gasteiger partial charge on any atom is -0.406 e. The Bertz CT molecular complexity index is 546. The van der Waals surface area contributed by atoms with E-state index in [9.17, 15) is 0 Å². The molecule has 0 spiro atoms. The van der Waals surface area contributed by atoms with Crippen molar-refractivity contribution in [2.24, 2.45) is 0 Å². The Labute approximate surface area is 118 Å². The van der Waals surface area contributed by atoms with Crippen molar-refractivity contribution in [1.29, 1.82) is 0 Å². The lowest BCUT2D eigenvalue weighted by Gasteiger charge is -2.05. The van der Waals surface area contributed by atoms with Gasteiger partial charge in [0.25, 0.3) is 0 Å². The molecule has 1 aromatic heterocycles. The number of rotatable bonds is 4. The van der Waals surface area contributed by atoms with E-state index in [2.05, 4.69) is 36.8 Å². The van der Waals surface area contributed by atoms with Gasteiger partial charge in [-0.25, -0.2) is 0 Å². The van der Waals surface area contributed by atoms with E-state index in [-0.39, 0.29) is 6.04 Å². The molecule has 0 aliphatic rings. The Morgan fingerprint density at radius 1 is 1.39 bits per heavy atom. The number of anilines is 2. The Hall–Kier alpha value is -1.11. The summed E-state index contributed by atoms with van der Waals surface area (Å²) in [6, 6.07) is 5.82. The van der Waals surface area contributed by atoms with Gasteiger partial charge < -0.3 is 15.1 Å². The third-order valence-electron chi connectivity index (χ3n) is 2.42. The number of halogens is 2. The van der Waals surface area contributed by atoms with Gasteiger partial charge in [-0.1, -0.05) is 32.6 Å². The topological polar surface area (TPSA) is 63.0 Å². The van der Waals surface area contributed by atoms with Gasteiger partial charge in [0, 0.05) is 4.47 Å². The summed E-state index contributed by atoms with van der Waals surface area (Å²) in [5, 5.41) is 14.4. The van der Waals surface area contributed by atoms with Gasteiger partial charge >= 0.3 is 6.01 Å². The van der Waals surface area contributed by atoms with E-state index in [1.165, 1.54) is 0 Å². The molecule has 5 nitrogen and oxygen atoms in total. The van der Waals surface area contributed by atoms with Crippen LogP contribution < -0.4 is 10.6 Å². The summed E-state index contributed by atoms with van der Waals surface area (Å²) in [6.45, 7) is 1.93. The van der Waals surface area contributed by atoms with Crippen LogP contribution in [0.15, 0.2) is 27.1 Å². The zero-order chi connectivity index (χ0) is 13.1.